The maximum absolute atomic E-state index is 13.4. The molecule has 3 aromatic carbocycles. The van der Waals surface area contributed by atoms with Crippen LogP contribution in [-0.4, -0.2) is 65.5 Å². The number of methoxy groups -OCH3 is 1. The molecule has 0 N–H and O–H groups in total. The van der Waals surface area contributed by atoms with Gasteiger partial charge in [0.2, 0.25) is 5.69 Å². The van der Waals surface area contributed by atoms with Gasteiger partial charge in [0, 0.05) is 6.20 Å². The number of hydrogen-bond acceptors (Lipinski definition) is 11. The van der Waals surface area contributed by atoms with E-state index in [1.54, 1.807) is 66.7 Å². The predicted octanol–water partition coefficient (Wildman–Crippen LogP) is 3.89. The van der Waals surface area contributed by atoms with Crippen molar-refractivity contribution in [2.75, 3.05) is 13.7 Å². The van der Waals surface area contributed by atoms with Crippen molar-refractivity contribution in [3.63, 3.8) is 0 Å². The number of carbonyl (C=O) groups excluding carboxylic acids is 4. The third-order valence-corrected chi connectivity index (χ3v) is 6.92. The highest BCUT2D eigenvalue weighted by Crippen LogP contribution is 2.35. The quantitative estimate of drug-likeness (QED) is 0.195. The average molecular weight is 633 g/mol. The molecule has 2 heterocycles. The molecule has 4 atom stereocenters. The van der Waals surface area contributed by atoms with Gasteiger partial charge in [0.15, 0.2) is 18.4 Å². The minimum absolute atomic E-state index is 0.152. The highest BCUT2D eigenvalue weighted by Gasteiger charge is 2.52. The van der Waals surface area contributed by atoms with Crippen molar-refractivity contribution in [1.82, 2.24) is 9.55 Å². The van der Waals surface area contributed by atoms with E-state index < -0.39 is 66.3 Å². The molecule has 5 rings (SSSR count). The van der Waals surface area contributed by atoms with E-state index in [9.17, 15) is 24.0 Å². The second kappa shape index (κ2) is 14.0. The van der Waals surface area contributed by atoms with E-state index in [1.807, 2.05) is 0 Å². The maximum atomic E-state index is 13.4. The van der Waals surface area contributed by atoms with Gasteiger partial charge in [-0.05, 0) is 36.4 Å². The number of rotatable bonds is 9. The summed E-state index contributed by atoms with van der Waals surface area (Å²) in [7, 11) is 1.06. The molecule has 0 aliphatic carbocycles. The number of benzene rings is 3. The fourth-order valence-electron chi connectivity index (χ4n) is 4.58. The second-order valence-corrected chi connectivity index (χ2v) is 10.0. The molecule has 0 unspecified atom stereocenters. The van der Waals surface area contributed by atoms with Crippen LogP contribution < -0.4 is 5.56 Å². The molecule has 4 aromatic rings. The molecule has 230 valence electrons. The van der Waals surface area contributed by atoms with Crippen LogP contribution >= 0.6 is 11.6 Å². The van der Waals surface area contributed by atoms with Crippen molar-refractivity contribution >= 4 is 35.5 Å². The molecule has 1 aliphatic heterocycles. The zero-order valence-electron chi connectivity index (χ0n) is 23.6. The highest BCUT2D eigenvalue weighted by atomic mass is 35.5. The first-order chi connectivity index (χ1) is 21.8. The normalized spacial score (nSPS) is 18.9. The Morgan fingerprint density at radius 2 is 1.24 bits per heavy atom. The number of ether oxygens (including phenoxy) is 5. The van der Waals surface area contributed by atoms with Crippen LogP contribution in [0.3, 0.4) is 0 Å². The number of esters is 4. The number of hydrogen-bond donors (Lipinski definition) is 0. The van der Waals surface area contributed by atoms with Crippen molar-refractivity contribution in [2.45, 2.75) is 24.5 Å². The van der Waals surface area contributed by atoms with Crippen LogP contribution in [0.2, 0.25) is 5.15 Å². The lowest BCUT2D eigenvalue weighted by Gasteiger charge is -2.25. The summed E-state index contributed by atoms with van der Waals surface area (Å²) in [6.07, 6.45) is -4.64. The van der Waals surface area contributed by atoms with E-state index in [4.69, 9.17) is 30.5 Å². The molecule has 1 aliphatic rings. The van der Waals surface area contributed by atoms with Gasteiger partial charge in [0.05, 0.1) is 23.8 Å². The Bertz CT molecular complexity index is 1750. The molecule has 0 radical (unpaired) electrons. The van der Waals surface area contributed by atoms with Gasteiger partial charge >= 0.3 is 23.9 Å². The molecular weight excluding hydrogens is 608 g/mol. The molecule has 12 nitrogen and oxygen atoms in total. The Labute approximate surface area is 261 Å². The topological polar surface area (TPSA) is 149 Å². The van der Waals surface area contributed by atoms with Crippen LogP contribution in [-0.2, 0) is 23.7 Å². The van der Waals surface area contributed by atoms with Crippen LogP contribution in [0.15, 0.2) is 102 Å². The lowest BCUT2D eigenvalue weighted by molar-refractivity contribution is -0.0636. The summed E-state index contributed by atoms with van der Waals surface area (Å²) in [4.78, 5) is 68.9. The molecular formula is C32H25ClN2O10. The number of halogens is 1. The molecule has 45 heavy (non-hydrogen) atoms. The van der Waals surface area contributed by atoms with Gasteiger partial charge in [-0.1, -0.05) is 66.2 Å². The van der Waals surface area contributed by atoms with Crippen LogP contribution in [0, 0.1) is 0 Å². The van der Waals surface area contributed by atoms with Crippen molar-refractivity contribution in [2.24, 2.45) is 0 Å². The standard InChI is InChI=1S/C32H25ClN2O10/c1-41-32(40)24-27(36)35(17-23(33)34-24)28-26(45-31(39)21-15-9-4-10-16-21)25(44-30(38)20-13-7-3-8-14-20)22(43-28)18-42-29(37)19-11-5-2-6-12-19/h2-17,22,25-26,28H,18H2,1H3/t22-,25-,26-,28-/m1/s1. The summed E-state index contributed by atoms with van der Waals surface area (Å²) in [5.74, 6) is -3.42. The number of carbonyl (C=O) groups is 4. The molecule has 13 heteroatoms. The monoisotopic (exact) mass is 632 g/mol. The van der Waals surface area contributed by atoms with E-state index in [2.05, 4.69) is 9.72 Å². The summed E-state index contributed by atoms with van der Waals surface area (Å²) < 4.78 is 28.8. The van der Waals surface area contributed by atoms with Gasteiger partial charge in [0.1, 0.15) is 17.9 Å². The molecule has 0 bridgehead atoms. The molecule has 1 aromatic heterocycles. The van der Waals surface area contributed by atoms with Crippen LogP contribution in [0.5, 0.6) is 0 Å². The fourth-order valence-corrected chi connectivity index (χ4v) is 4.77. The number of nitrogens with zero attached hydrogens (tertiary/aromatic N) is 2. The molecule has 0 amide bonds. The van der Waals surface area contributed by atoms with E-state index in [0.717, 1.165) is 17.9 Å². The third kappa shape index (κ3) is 7.08. The second-order valence-electron chi connectivity index (χ2n) is 9.62. The highest BCUT2D eigenvalue weighted by molar-refractivity contribution is 6.29. The molecule has 0 spiro atoms. The summed E-state index contributed by atoms with van der Waals surface area (Å²) in [6.45, 7) is -0.478. The minimum atomic E-state index is -1.52. The summed E-state index contributed by atoms with van der Waals surface area (Å²) in [5, 5.41) is -0.288. The molecule has 1 saturated heterocycles. The predicted molar refractivity (Wildman–Crippen MR) is 157 cm³/mol. The summed E-state index contributed by atoms with van der Waals surface area (Å²) in [6, 6.07) is 24.1. The smallest absolute Gasteiger partial charge is 0.362 e. The lowest BCUT2D eigenvalue weighted by Crippen LogP contribution is -2.43. The Kier molecular flexibility index (Phi) is 9.66. The van der Waals surface area contributed by atoms with Crippen LogP contribution in [0.1, 0.15) is 47.8 Å². The van der Waals surface area contributed by atoms with Crippen molar-refractivity contribution in [1.29, 1.82) is 0 Å². The van der Waals surface area contributed by atoms with Gasteiger partial charge in [-0.2, -0.15) is 0 Å². The minimum Gasteiger partial charge on any atom is -0.464 e. The van der Waals surface area contributed by atoms with Crippen molar-refractivity contribution < 1.29 is 42.9 Å². The lowest BCUT2D eigenvalue weighted by atomic mass is 10.1. The maximum Gasteiger partial charge on any atom is 0.362 e. The fraction of sp³-hybridized carbons (Fsp3) is 0.188. The SMILES string of the molecule is COC(=O)c1nc(Cl)cn([C@@H]2O[C@H](COC(=O)c3ccccc3)[C@@H](OC(=O)c3ccccc3)[C@H]2OC(=O)c2ccccc2)c1=O. The summed E-state index contributed by atoms with van der Waals surface area (Å²) in [5.41, 5.74) is -1.09. The van der Waals surface area contributed by atoms with E-state index in [-0.39, 0.29) is 21.8 Å². The zero-order chi connectivity index (χ0) is 31.9. The van der Waals surface area contributed by atoms with Crippen molar-refractivity contribution in [3.8, 4) is 0 Å². The first kappa shape index (κ1) is 31.1. The van der Waals surface area contributed by atoms with Gasteiger partial charge < -0.3 is 23.7 Å². The van der Waals surface area contributed by atoms with Crippen LogP contribution in [0.25, 0.3) is 0 Å². The van der Waals surface area contributed by atoms with Gasteiger partial charge in [0.25, 0.3) is 5.56 Å². The summed E-state index contributed by atoms with van der Waals surface area (Å²) >= 11 is 6.16. The van der Waals surface area contributed by atoms with Crippen LogP contribution in [0.4, 0.5) is 0 Å². The Balaban J connectivity index is 1.56. The van der Waals surface area contributed by atoms with Crippen molar-refractivity contribution in [3.05, 3.63) is 135 Å². The number of aromatic nitrogens is 2. The Morgan fingerprint density at radius 1 is 0.756 bits per heavy atom. The molecule has 0 saturated carbocycles. The van der Waals surface area contributed by atoms with Gasteiger partial charge in [-0.15, -0.1) is 0 Å². The Morgan fingerprint density at radius 3 is 1.76 bits per heavy atom. The van der Waals surface area contributed by atoms with E-state index in [1.165, 1.54) is 24.3 Å². The average Bonchev–Trinajstić information content (AvgIpc) is 3.40. The Hall–Kier alpha value is -5.33. The first-order valence-corrected chi connectivity index (χ1v) is 13.9. The third-order valence-electron chi connectivity index (χ3n) is 6.73. The first-order valence-electron chi connectivity index (χ1n) is 13.5. The van der Waals surface area contributed by atoms with Gasteiger partial charge in [-0.3, -0.25) is 9.36 Å². The largest absolute Gasteiger partial charge is 0.464 e. The molecule has 1 fully saturated rings. The van der Waals surface area contributed by atoms with E-state index in [0.29, 0.717) is 0 Å². The van der Waals surface area contributed by atoms with E-state index >= 15 is 0 Å². The van der Waals surface area contributed by atoms with Gasteiger partial charge in [-0.25, -0.2) is 24.2 Å². The zero-order valence-corrected chi connectivity index (χ0v) is 24.4.